The molecule has 1 unspecified atom stereocenters. The van der Waals surface area contributed by atoms with Crippen LogP contribution in [0.15, 0.2) is 48.7 Å². The van der Waals surface area contributed by atoms with Gasteiger partial charge in [0.05, 0.1) is 12.5 Å². The number of rotatable bonds is 4. The highest BCUT2D eigenvalue weighted by Gasteiger charge is 2.32. The molecule has 26 heavy (non-hydrogen) atoms. The Labute approximate surface area is 155 Å². The predicted octanol–water partition coefficient (Wildman–Crippen LogP) is 3.27. The molecule has 0 bridgehead atoms. The normalized spacial score (nSPS) is 16.2. The highest BCUT2D eigenvalue weighted by molar-refractivity contribution is 7.18. The maximum atomic E-state index is 12.5. The molecule has 0 aliphatic carbocycles. The molecule has 0 N–H and O–H groups in total. The molecule has 0 fully saturated rings. The number of fused-ring (bicyclic) bond motifs is 1. The van der Waals surface area contributed by atoms with E-state index >= 15 is 0 Å². The molecule has 6 nitrogen and oxygen atoms in total. The first-order valence-corrected chi connectivity index (χ1v) is 9.32. The van der Waals surface area contributed by atoms with Crippen LogP contribution in [0.3, 0.4) is 0 Å². The molecule has 4 rings (SSSR count). The Kier molecular flexibility index (Phi) is 4.62. The van der Waals surface area contributed by atoms with E-state index in [1.165, 1.54) is 11.3 Å². The molecule has 2 aromatic heterocycles. The van der Waals surface area contributed by atoms with Crippen molar-refractivity contribution >= 4 is 22.4 Å². The maximum absolute atomic E-state index is 12.5. The fraction of sp³-hybridized carbons (Fsp3) is 0.263. The van der Waals surface area contributed by atoms with E-state index in [0.717, 1.165) is 27.0 Å². The van der Waals surface area contributed by atoms with E-state index in [0.29, 0.717) is 19.7 Å². The molecule has 1 atom stereocenters. The summed E-state index contributed by atoms with van der Waals surface area (Å²) in [5.41, 5.74) is 2.96. The third kappa shape index (κ3) is 3.17. The number of carbonyl (C=O) groups is 1. The number of hydrogen-bond acceptors (Lipinski definition) is 7. The number of pyridine rings is 1. The molecule has 0 radical (unpaired) electrons. The molecule has 0 amide bonds. The van der Waals surface area contributed by atoms with Crippen molar-refractivity contribution in [1.29, 1.82) is 0 Å². The molecule has 1 aliphatic heterocycles. The second-order valence-corrected chi connectivity index (χ2v) is 6.94. The molecule has 3 aromatic rings. The monoisotopic (exact) mass is 366 g/mol. The Morgan fingerprint density at radius 2 is 2.08 bits per heavy atom. The van der Waals surface area contributed by atoms with Crippen LogP contribution in [-0.4, -0.2) is 34.3 Å². The molecule has 0 saturated heterocycles. The van der Waals surface area contributed by atoms with Crippen molar-refractivity contribution in [2.24, 2.45) is 0 Å². The van der Waals surface area contributed by atoms with E-state index in [9.17, 15) is 4.79 Å². The van der Waals surface area contributed by atoms with Crippen molar-refractivity contribution in [2.75, 3.05) is 18.1 Å². The van der Waals surface area contributed by atoms with Crippen molar-refractivity contribution in [1.82, 2.24) is 15.2 Å². The van der Waals surface area contributed by atoms with Crippen LogP contribution in [0, 0.1) is 0 Å². The summed E-state index contributed by atoms with van der Waals surface area (Å²) < 4.78 is 5.29. The summed E-state index contributed by atoms with van der Waals surface area (Å²) in [6.45, 7) is 3.43. The summed E-state index contributed by atoms with van der Waals surface area (Å²) in [6.07, 6.45) is 1.74. The average molecular weight is 366 g/mol. The quantitative estimate of drug-likeness (QED) is 0.660. The summed E-state index contributed by atoms with van der Waals surface area (Å²) in [4.78, 5) is 18.9. The lowest BCUT2D eigenvalue weighted by Gasteiger charge is -2.33. The van der Waals surface area contributed by atoms with Crippen LogP contribution in [0.1, 0.15) is 24.0 Å². The Hall–Kier alpha value is -2.80. The summed E-state index contributed by atoms with van der Waals surface area (Å²) in [5.74, 6) is -0.513. The van der Waals surface area contributed by atoms with Gasteiger partial charge in [0, 0.05) is 19.3 Å². The van der Waals surface area contributed by atoms with Crippen molar-refractivity contribution in [3.05, 3.63) is 59.8 Å². The zero-order valence-electron chi connectivity index (χ0n) is 14.3. The van der Waals surface area contributed by atoms with Gasteiger partial charge in [-0.05, 0) is 30.2 Å². The molecule has 132 valence electrons. The minimum atomic E-state index is -0.317. The topological polar surface area (TPSA) is 68.2 Å². The smallest absolute Gasteiger partial charge is 0.315 e. The fourth-order valence-electron chi connectivity index (χ4n) is 3.13. The van der Waals surface area contributed by atoms with Crippen molar-refractivity contribution in [3.63, 3.8) is 0 Å². The van der Waals surface area contributed by atoms with E-state index in [-0.39, 0.29) is 11.9 Å². The largest absolute Gasteiger partial charge is 0.465 e. The number of carbonyl (C=O) groups excluding carboxylic acids is 1. The minimum Gasteiger partial charge on any atom is -0.465 e. The van der Waals surface area contributed by atoms with Gasteiger partial charge < -0.3 is 9.64 Å². The third-order valence-corrected chi connectivity index (χ3v) is 5.34. The standard InChI is InChI=1S/C19H18N4O2S/c1-2-25-18(24)15-12-23(11-13-7-3-4-8-14(13)15)19-22-21-17(26-19)16-9-5-6-10-20-16/h3-10,15H,2,11-12H2,1H3. The fourth-order valence-corrected chi connectivity index (χ4v) is 3.96. The molecule has 7 heteroatoms. The van der Waals surface area contributed by atoms with E-state index in [2.05, 4.69) is 26.1 Å². The van der Waals surface area contributed by atoms with Crippen LogP contribution in [-0.2, 0) is 16.1 Å². The zero-order valence-corrected chi connectivity index (χ0v) is 15.1. The lowest BCUT2D eigenvalue weighted by Crippen LogP contribution is -2.37. The number of esters is 1. The van der Waals surface area contributed by atoms with Gasteiger partial charge in [-0.25, -0.2) is 0 Å². The summed E-state index contributed by atoms with van der Waals surface area (Å²) in [6, 6.07) is 13.7. The predicted molar refractivity (Wildman–Crippen MR) is 100 cm³/mol. The number of benzene rings is 1. The number of aromatic nitrogens is 3. The average Bonchev–Trinajstić information content (AvgIpc) is 3.18. The van der Waals surface area contributed by atoms with Gasteiger partial charge >= 0.3 is 5.97 Å². The second-order valence-electron chi connectivity index (χ2n) is 5.99. The minimum absolute atomic E-state index is 0.195. The van der Waals surface area contributed by atoms with Crippen LogP contribution >= 0.6 is 11.3 Å². The summed E-state index contributed by atoms with van der Waals surface area (Å²) >= 11 is 1.48. The highest BCUT2D eigenvalue weighted by atomic mass is 32.1. The lowest BCUT2D eigenvalue weighted by atomic mass is 9.90. The van der Waals surface area contributed by atoms with E-state index in [1.807, 2.05) is 43.3 Å². The van der Waals surface area contributed by atoms with Crippen LogP contribution in [0.25, 0.3) is 10.7 Å². The first-order valence-electron chi connectivity index (χ1n) is 8.50. The number of nitrogens with zero attached hydrogens (tertiary/aromatic N) is 4. The molecular weight excluding hydrogens is 348 g/mol. The van der Waals surface area contributed by atoms with Gasteiger partial charge in [-0.1, -0.05) is 41.7 Å². The number of ether oxygens (including phenoxy) is 1. The Morgan fingerprint density at radius 1 is 1.23 bits per heavy atom. The van der Waals surface area contributed by atoms with E-state index < -0.39 is 0 Å². The maximum Gasteiger partial charge on any atom is 0.315 e. The SMILES string of the molecule is CCOC(=O)C1CN(c2nnc(-c3ccccn3)s2)Cc2ccccc21. The van der Waals surface area contributed by atoms with Gasteiger partial charge in [0.25, 0.3) is 0 Å². The van der Waals surface area contributed by atoms with Crippen LogP contribution < -0.4 is 4.90 Å². The molecule has 0 saturated carbocycles. The van der Waals surface area contributed by atoms with Gasteiger partial charge in [0.2, 0.25) is 5.13 Å². The number of hydrogen-bond donors (Lipinski definition) is 0. The number of anilines is 1. The zero-order chi connectivity index (χ0) is 17.9. The second kappa shape index (κ2) is 7.21. The first-order chi connectivity index (χ1) is 12.8. The highest BCUT2D eigenvalue weighted by Crippen LogP contribution is 2.35. The van der Waals surface area contributed by atoms with Crippen molar-refractivity contribution < 1.29 is 9.53 Å². The molecule has 0 spiro atoms. The Bertz CT molecular complexity index is 913. The molecular formula is C19H18N4O2S. The lowest BCUT2D eigenvalue weighted by molar-refractivity contribution is -0.144. The molecule has 1 aromatic carbocycles. The van der Waals surface area contributed by atoms with Gasteiger partial charge in [0.1, 0.15) is 5.69 Å². The van der Waals surface area contributed by atoms with E-state index in [1.54, 1.807) is 6.20 Å². The van der Waals surface area contributed by atoms with Crippen molar-refractivity contribution in [2.45, 2.75) is 19.4 Å². The third-order valence-electron chi connectivity index (χ3n) is 4.33. The van der Waals surface area contributed by atoms with Crippen molar-refractivity contribution in [3.8, 4) is 10.7 Å². The Balaban J connectivity index is 1.64. The van der Waals surface area contributed by atoms with Gasteiger partial charge in [-0.3, -0.25) is 9.78 Å². The Morgan fingerprint density at radius 3 is 2.88 bits per heavy atom. The van der Waals surface area contributed by atoms with Crippen LogP contribution in [0.2, 0.25) is 0 Å². The van der Waals surface area contributed by atoms with Gasteiger partial charge in [0.15, 0.2) is 5.01 Å². The van der Waals surface area contributed by atoms with Crippen LogP contribution in [0.4, 0.5) is 5.13 Å². The summed E-state index contributed by atoms with van der Waals surface area (Å²) in [7, 11) is 0. The first kappa shape index (κ1) is 16.7. The summed E-state index contributed by atoms with van der Waals surface area (Å²) in [5, 5.41) is 10.2. The van der Waals surface area contributed by atoms with E-state index in [4.69, 9.17) is 4.74 Å². The molecule has 3 heterocycles. The van der Waals surface area contributed by atoms with Crippen LogP contribution in [0.5, 0.6) is 0 Å². The molecule has 1 aliphatic rings. The van der Waals surface area contributed by atoms with Gasteiger partial charge in [-0.15, -0.1) is 10.2 Å². The van der Waals surface area contributed by atoms with Gasteiger partial charge in [-0.2, -0.15) is 0 Å².